The van der Waals surface area contributed by atoms with Crippen molar-refractivity contribution in [2.45, 2.75) is 6.42 Å². The highest BCUT2D eigenvalue weighted by molar-refractivity contribution is 5.88. The summed E-state index contributed by atoms with van der Waals surface area (Å²) >= 11 is 0. The summed E-state index contributed by atoms with van der Waals surface area (Å²) in [7, 11) is 0. The molecule has 0 radical (unpaired) electrons. The molecule has 3 N–H and O–H groups in total. The summed E-state index contributed by atoms with van der Waals surface area (Å²) in [5.74, 6) is 0.215. The van der Waals surface area contributed by atoms with E-state index in [4.69, 9.17) is 5.21 Å². The second-order valence-electron chi connectivity index (χ2n) is 4.63. The summed E-state index contributed by atoms with van der Waals surface area (Å²) in [5.41, 5.74) is 3.86. The minimum absolute atomic E-state index is 0.122. The number of hydroxylamine groups is 1. The number of anilines is 2. The Morgan fingerprint density at radius 3 is 2.68 bits per heavy atom. The maximum absolute atomic E-state index is 11.1. The molecule has 1 amide bonds. The van der Waals surface area contributed by atoms with Gasteiger partial charge >= 0.3 is 0 Å². The molecule has 2 aromatic heterocycles. The molecule has 3 aromatic rings. The maximum Gasteiger partial charge on any atom is 0.247 e. The Labute approximate surface area is 126 Å². The van der Waals surface area contributed by atoms with Crippen LogP contribution in [0.4, 0.5) is 11.5 Å². The zero-order chi connectivity index (χ0) is 15.4. The summed E-state index contributed by atoms with van der Waals surface area (Å²) in [5, 5.41) is 12.5. The van der Waals surface area contributed by atoms with Crippen LogP contribution in [0.3, 0.4) is 0 Å². The van der Waals surface area contributed by atoms with Crippen LogP contribution in [0.15, 0.2) is 48.9 Å². The van der Waals surface area contributed by atoms with Crippen LogP contribution in [-0.2, 0) is 11.2 Å². The van der Waals surface area contributed by atoms with E-state index in [0.717, 1.165) is 16.6 Å². The summed E-state index contributed by atoms with van der Waals surface area (Å²) < 4.78 is 0. The van der Waals surface area contributed by atoms with Crippen molar-refractivity contribution in [1.82, 2.24) is 20.4 Å². The fraction of sp³-hybridized carbons (Fsp3) is 0.0667. The highest BCUT2D eigenvalue weighted by Gasteiger charge is 2.05. The van der Waals surface area contributed by atoms with Gasteiger partial charge in [0, 0.05) is 11.9 Å². The van der Waals surface area contributed by atoms with E-state index in [1.165, 1.54) is 6.33 Å². The van der Waals surface area contributed by atoms with Gasteiger partial charge in [0.05, 0.1) is 11.8 Å². The molecular weight excluding hydrogens is 282 g/mol. The van der Waals surface area contributed by atoms with Gasteiger partial charge in [-0.05, 0) is 29.8 Å². The van der Waals surface area contributed by atoms with E-state index in [0.29, 0.717) is 11.5 Å². The van der Waals surface area contributed by atoms with E-state index in [-0.39, 0.29) is 6.42 Å². The molecular formula is C15H13N5O2. The number of fused-ring (bicyclic) bond motifs is 1. The molecule has 0 aliphatic heterocycles. The first-order chi connectivity index (χ1) is 10.8. The Bertz CT molecular complexity index is 799. The fourth-order valence-corrected chi connectivity index (χ4v) is 2.06. The fourth-order valence-electron chi connectivity index (χ4n) is 2.06. The molecule has 0 fully saturated rings. The first kappa shape index (κ1) is 13.9. The van der Waals surface area contributed by atoms with Crippen molar-refractivity contribution in [2.24, 2.45) is 0 Å². The van der Waals surface area contributed by atoms with Crippen molar-refractivity contribution < 1.29 is 10.0 Å². The zero-order valence-electron chi connectivity index (χ0n) is 11.5. The lowest BCUT2D eigenvalue weighted by Gasteiger charge is -2.08. The van der Waals surface area contributed by atoms with E-state index < -0.39 is 5.91 Å². The Morgan fingerprint density at radius 1 is 1.09 bits per heavy atom. The number of pyridine rings is 1. The van der Waals surface area contributed by atoms with Crippen molar-refractivity contribution in [2.75, 3.05) is 5.32 Å². The first-order valence-corrected chi connectivity index (χ1v) is 6.61. The van der Waals surface area contributed by atoms with Crippen LogP contribution in [0.25, 0.3) is 11.0 Å². The van der Waals surface area contributed by atoms with Gasteiger partial charge in [0.2, 0.25) is 5.91 Å². The number of amides is 1. The van der Waals surface area contributed by atoms with Crippen molar-refractivity contribution in [3.63, 3.8) is 0 Å². The summed E-state index contributed by atoms with van der Waals surface area (Å²) in [6.45, 7) is 0. The second-order valence-corrected chi connectivity index (χ2v) is 4.63. The average molecular weight is 295 g/mol. The number of rotatable bonds is 4. The Hall–Kier alpha value is -3.06. The molecule has 2 heterocycles. The molecule has 0 aliphatic rings. The van der Waals surface area contributed by atoms with E-state index >= 15 is 0 Å². The van der Waals surface area contributed by atoms with Gasteiger partial charge in [-0.1, -0.05) is 12.1 Å². The van der Waals surface area contributed by atoms with Crippen molar-refractivity contribution in [3.05, 3.63) is 54.5 Å². The highest BCUT2D eigenvalue weighted by atomic mass is 16.5. The number of benzene rings is 1. The van der Waals surface area contributed by atoms with Gasteiger partial charge < -0.3 is 5.32 Å². The van der Waals surface area contributed by atoms with Crippen LogP contribution in [0.1, 0.15) is 5.56 Å². The smallest absolute Gasteiger partial charge is 0.247 e. The molecule has 1 aromatic carbocycles. The standard InChI is InChI=1S/C15H13N5O2/c21-13(20-22)8-10-3-5-11(6-4-10)19-15-12-2-1-7-16-14(12)17-9-18-15/h1-7,9,22H,8H2,(H,20,21)(H,16,17,18,19). The second kappa shape index (κ2) is 6.15. The zero-order valence-corrected chi connectivity index (χ0v) is 11.5. The predicted molar refractivity (Wildman–Crippen MR) is 80.7 cm³/mol. The Morgan fingerprint density at radius 2 is 1.91 bits per heavy atom. The molecule has 7 nitrogen and oxygen atoms in total. The molecule has 22 heavy (non-hydrogen) atoms. The number of hydrogen-bond acceptors (Lipinski definition) is 6. The lowest BCUT2D eigenvalue weighted by molar-refractivity contribution is -0.128. The maximum atomic E-state index is 11.1. The molecule has 0 bridgehead atoms. The third-order valence-corrected chi connectivity index (χ3v) is 3.11. The van der Waals surface area contributed by atoms with Crippen LogP contribution < -0.4 is 10.8 Å². The number of carbonyl (C=O) groups is 1. The number of aromatic nitrogens is 3. The Kier molecular flexibility index (Phi) is 3.88. The number of hydrogen-bond donors (Lipinski definition) is 3. The van der Waals surface area contributed by atoms with Crippen LogP contribution in [-0.4, -0.2) is 26.1 Å². The molecule has 0 atom stereocenters. The van der Waals surface area contributed by atoms with E-state index in [1.54, 1.807) is 23.8 Å². The molecule has 0 aliphatic carbocycles. The van der Waals surface area contributed by atoms with Gasteiger partial charge in [-0.25, -0.2) is 20.4 Å². The van der Waals surface area contributed by atoms with Gasteiger partial charge in [-0.3, -0.25) is 10.0 Å². The lowest BCUT2D eigenvalue weighted by Crippen LogP contribution is -2.20. The topological polar surface area (TPSA) is 100 Å². The van der Waals surface area contributed by atoms with Crippen LogP contribution >= 0.6 is 0 Å². The summed E-state index contributed by atoms with van der Waals surface area (Å²) in [6.07, 6.45) is 3.26. The molecule has 110 valence electrons. The van der Waals surface area contributed by atoms with Gasteiger partial charge in [-0.15, -0.1) is 0 Å². The van der Waals surface area contributed by atoms with E-state index in [1.807, 2.05) is 24.3 Å². The first-order valence-electron chi connectivity index (χ1n) is 6.61. The minimum Gasteiger partial charge on any atom is -0.340 e. The monoisotopic (exact) mass is 295 g/mol. The Balaban J connectivity index is 1.82. The van der Waals surface area contributed by atoms with Gasteiger partial charge in [0.25, 0.3) is 0 Å². The summed E-state index contributed by atoms with van der Waals surface area (Å²) in [6, 6.07) is 11.0. The van der Waals surface area contributed by atoms with E-state index in [9.17, 15) is 4.79 Å². The van der Waals surface area contributed by atoms with Crippen LogP contribution in [0, 0.1) is 0 Å². The van der Waals surface area contributed by atoms with Crippen molar-refractivity contribution in [3.8, 4) is 0 Å². The normalized spacial score (nSPS) is 10.4. The SMILES string of the molecule is O=C(Cc1ccc(Nc2ncnc3ncccc23)cc1)NO. The third kappa shape index (κ3) is 2.99. The van der Waals surface area contributed by atoms with Crippen LogP contribution in [0.5, 0.6) is 0 Å². The highest BCUT2D eigenvalue weighted by Crippen LogP contribution is 2.21. The molecule has 0 saturated carbocycles. The quantitative estimate of drug-likeness (QED) is 0.501. The lowest BCUT2D eigenvalue weighted by atomic mass is 10.1. The van der Waals surface area contributed by atoms with Gasteiger partial charge in [0.1, 0.15) is 12.1 Å². The number of nitrogens with one attached hydrogen (secondary N) is 2. The van der Waals surface area contributed by atoms with Crippen molar-refractivity contribution >= 4 is 28.4 Å². The summed E-state index contributed by atoms with van der Waals surface area (Å²) in [4.78, 5) is 23.6. The number of carbonyl (C=O) groups excluding carboxylic acids is 1. The predicted octanol–water partition coefficient (Wildman–Crippen LogP) is 1.82. The molecule has 0 spiro atoms. The van der Waals surface area contributed by atoms with Crippen molar-refractivity contribution in [1.29, 1.82) is 0 Å². The average Bonchev–Trinajstić information content (AvgIpc) is 2.57. The van der Waals surface area contributed by atoms with E-state index in [2.05, 4.69) is 20.3 Å². The molecule has 0 unspecified atom stereocenters. The molecule has 7 heteroatoms. The molecule has 0 saturated heterocycles. The number of nitrogens with zero attached hydrogens (tertiary/aromatic N) is 3. The van der Waals surface area contributed by atoms with Gasteiger partial charge in [-0.2, -0.15) is 0 Å². The largest absolute Gasteiger partial charge is 0.340 e. The minimum atomic E-state index is -0.450. The van der Waals surface area contributed by atoms with Crippen LogP contribution in [0.2, 0.25) is 0 Å². The molecule has 3 rings (SSSR count). The third-order valence-electron chi connectivity index (χ3n) is 3.11. The van der Waals surface area contributed by atoms with Gasteiger partial charge in [0.15, 0.2) is 5.65 Å².